The molecular weight excluding hydrogens is 156 g/mol. The Morgan fingerprint density at radius 3 is 2.15 bits per heavy atom. The van der Waals surface area contributed by atoms with Crippen LogP contribution >= 0.6 is 0 Å². The average Bonchev–Trinajstić information content (AvgIpc) is 2.15. The summed E-state index contributed by atoms with van der Waals surface area (Å²) < 4.78 is 0. The molecule has 0 bridgehead atoms. The normalized spacial score (nSPS) is 22.8. The van der Waals surface area contributed by atoms with E-state index in [9.17, 15) is 0 Å². The molecule has 13 heavy (non-hydrogen) atoms. The Bertz CT molecular complexity index is 149. The SMILES string of the molecule is CC=CC(C(C)C)C1CCCCC1. The van der Waals surface area contributed by atoms with E-state index in [1.807, 2.05) is 0 Å². The summed E-state index contributed by atoms with van der Waals surface area (Å²) >= 11 is 0. The molecule has 0 aromatic rings. The summed E-state index contributed by atoms with van der Waals surface area (Å²) in [5, 5.41) is 0. The van der Waals surface area contributed by atoms with Gasteiger partial charge in [0.1, 0.15) is 0 Å². The van der Waals surface area contributed by atoms with Crippen molar-refractivity contribution < 1.29 is 0 Å². The van der Waals surface area contributed by atoms with Crippen LogP contribution in [0.15, 0.2) is 12.2 Å². The van der Waals surface area contributed by atoms with Crippen molar-refractivity contribution >= 4 is 0 Å². The molecule has 0 heterocycles. The zero-order valence-electron chi connectivity index (χ0n) is 9.42. The van der Waals surface area contributed by atoms with Gasteiger partial charge in [0, 0.05) is 0 Å². The van der Waals surface area contributed by atoms with Crippen LogP contribution in [-0.2, 0) is 0 Å². The molecule has 0 aromatic carbocycles. The Hall–Kier alpha value is -0.260. The van der Waals surface area contributed by atoms with Gasteiger partial charge in [-0.3, -0.25) is 0 Å². The van der Waals surface area contributed by atoms with Crippen LogP contribution in [0.25, 0.3) is 0 Å². The van der Waals surface area contributed by atoms with Crippen LogP contribution in [0.2, 0.25) is 0 Å². The first-order valence-corrected chi connectivity index (χ1v) is 5.88. The second kappa shape index (κ2) is 5.47. The predicted molar refractivity (Wildman–Crippen MR) is 59.7 cm³/mol. The average molecular weight is 180 g/mol. The molecule has 1 aliphatic rings. The lowest BCUT2D eigenvalue weighted by atomic mass is 9.75. The Morgan fingerprint density at radius 1 is 1.08 bits per heavy atom. The highest BCUT2D eigenvalue weighted by atomic mass is 14.3. The van der Waals surface area contributed by atoms with Crippen molar-refractivity contribution in [1.82, 2.24) is 0 Å². The van der Waals surface area contributed by atoms with Gasteiger partial charge in [-0.25, -0.2) is 0 Å². The highest BCUT2D eigenvalue weighted by Crippen LogP contribution is 2.34. The maximum Gasteiger partial charge on any atom is -0.0182 e. The molecule has 0 nitrogen and oxygen atoms in total. The van der Waals surface area contributed by atoms with Gasteiger partial charge in [0.15, 0.2) is 0 Å². The Labute approximate surface area is 83.4 Å². The van der Waals surface area contributed by atoms with Gasteiger partial charge in [0.05, 0.1) is 0 Å². The van der Waals surface area contributed by atoms with E-state index in [0.29, 0.717) is 0 Å². The maximum atomic E-state index is 2.43. The highest BCUT2D eigenvalue weighted by Gasteiger charge is 2.23. The molecule has 76 valence electrons. The van der Waals surface area contributed by atoms with E-state index in [0.717, 1.165) is 17.8 Å². The van der Waals surface area contributed by atoms with Gasteiger partial charge in [-0.2, -0.15) is 0 Å². The van der Waals surface area contributed by atoms with E-state index in [4.69, 9.17) is 0 Å². The van der Waals surface area contributed by atoms with Crippen LogP contribution in [-0.4, -0.2) is 0 Å². The molecule has 1 fully saturated rings. The molecule has 0 aromatic heterocycles. The van der Waals surface area contributed by atoms with Gasteiger partial charge in [-0.05, 0) is 37.5 Å². The fourth-order valence-electron chi connectivity index (χ4n) is 2.66. The molecule has 0 aliphatic heterocycles. The molecule has 0 heteroatoms. The van der Waals surface area contributed by atoms with Gasteiger partial charge in [-0.1, -0.05) is 45.3 Å². The smallest absolute Gasteiger partial charge is 0.0182 e. The second-order valence-electron chi connectivity index (χ2n) is 4.75. The third kappa shape index (κ3) is 3.17. The lowest BCUT2D eigenvalue weighted by Gasteiger charge is -2.30. The van der Waals surface area contributed by atoms with Crippen molar-refractivity contribution in [3.8, 4) is 0 Å². The number of allylic oxidation sites excluding steroid dienone is 2. The fraction of sp³-hybridized carbons (Fsp3) is 0.846. The zero-order valence-corrected chi connectivity index (χ0v) is 9.42. The number of rotatable bonds is 3. The first-order valence-electron chi connectivity index (χ1n) is 5.88. The molecule has 0 amide bonds. The van der Waals surface area contributed by atoms with Crippen LogP contribution in [0.1, 0.15) is 52.9 Å². The fourth-order valence-corrected chi connectivity index (χ4v) is 2.66. The van der Waals surface area contributed by atoms with Gasteiger partial charge >= 0.3 is 0 Å². The van der Waals surface area contributed by atoms with Crippen LogP contribution in [0.3, 0.4) is 0 Å². The lowest BCUT2D eigenvalue weighted by Crippen LogP contribution is -2.20. The van der Waals surface area contributed by atoms with E-state index in [1.54, 1.807) is 0 Å². The first-order chi connectivity index (χ1) is 6.25. The first kappa shape index (κ1) is 10.8. The summed E-state index contributed by atoms with van der Waals surface area (Å²) in [6.07, 6.45) is 12.0. The van der Waals surface area contributed by atoms with Crippen LogP contribution in [0.4, 0.5) is 0 Å². The van der Waals surface area contributed by atoms with Crippen LogP contribution < -0.4 is 0 Å². The summed E-state index contributed by atoms with van der Waals surface area (Å²) in [6, 6.07) is 0. The Kier molecular flexibility index (Phi) is 4.55. The summed E-state index contributed by atoms with van der Waals surface area (Å²) in [5.41, 5.74) is 0. The van der Waals surface area contributed by atoms with E-state index < -0.39 is 0 Å². The van der Waals surface area contributed by atoms with Gasteiger partial charge in [0.2, 0.25) is 0 Å². The van der Waals surface area contributed by atoms with E-state index in [2.05, 4.69) is 32.9 Å². The largest absolute Gasteiger partial charge is 0.0914 e. The molecule has 1 unspecified atom stereocenters. The van der Waals surface area contributed by atoms with Crippen LogP contribution in [0, 0.1) is 17.8 Å². The minimum atomic E-state index is 0.819. The molecular formula is C13H24. The summed E-state index contributed by atoms with van der Waals surface area (Å²) in [4.78, 5) is 0. The lowest BCUT2D eigenvalue weighted by molar-refractivity contribution is 0.238. The molecule has 0 spiro atoms. The number of hydrogen-bond acceptors (Lipinski definition) is 0. The van der Waals surface area contributed by atoms with Crippen molar-refractivity contribution in [1.29, 1.82) is 0 Å². The van der Waals surface area contributed by atoms with Gasteiger partial charge in [0.25, 0.3) is 0 Å². The third-order valence-electron chi connectivity index (χ3n) is 3.38. The van der Waals surface area contributed by atoms with Crippen molar-refractivity contribution in [2.24, 2.45) is 17.8 Å². The Morgan fingerprint density at radius 2 is 1.69 bits per heavy atom. The van der Waals surface area contributed by atoms with Crippen molar-refractivity contribution in [2.45, 2.75) is 52.9 Å². The van der Waals surface area contributed by atoms with Gasteiger partial charge in [-0.15, -0.1) is 0 Å². The van der Waals surface area contributed by atoms with E-state index in [-0.39, 0.29) is 0 Å². The molecule has 1 rings (SSSR count). The van der Waals surface area contributed by atoms with E-state index in [1.165, 1.54) is 32.1 Å². The molecule has 1 aliphatic carbocycles. The summed E-state index contributed by atoms with van der Waals surface area (Å²) in [6.45, 7) is 6.87. The minimum Gasteiger partial charge on any atom is -0.0914 e. The van der Waals surface area contributed by atoms with Gasteiger partial charge < -0.3 is 0 Å². The monoisotopic (exact) mass is 180 g/mol. The third-order valence-corrected chi connectivity index (χ3v) is 3.38. The zero-order chi connectivity index (χ0) is 9.68. The predicted octanol–water partition coefficient (Wildman–Crippen LogP) is 4.42. The topological polar surface area (TPSA) is 0 Å². The Balaban J connectivity index is 2.51. The quantitative estimate of drug-likeness (QED) is 0.564. The molecule has 1 saturated carbocycles. The van der Waals surface area contributed by atoms with E-state index >= 15 is 0 Å². The summed E-state index contributed by atoms with van der Waals surface area (Å²) in [5.74, 6) is 2.63. The number of hydrogen-bond donors (Lipinski definition) is 0. The molecule has 0 radical (unpaired) electrons. The van der Waals surface area contributed by atoms with Crippen molar-refractivity contribution in [3.05, 3.63) is 12.2 Å². The van der Waals surface area contributed by atoms with Crippen molar-refractivity contribution in [3.63, 3.8) is 0 Å². The summed E-state index contributed by atoms with van der Waals surface area (Å²) in [7, 11) is 0. The molecule has 0 saturated heterocycles. The standard InChI is InChI=1S/C13H24/c1-4-8-13(11(2)3)12-9-6-5-7-10-12/h4,8,11-13H,5-7,9-10H2,1-3H3. The second-order valence-corrected chi connectivity index (χ2v) is 4.75. The highest BCUT2D eigenvalue weighted by molar-refractivity contribution is 4.92. The van der Waals surface area contributed by atoms with Crippen LogP contribution in [0.5, 0.6) is 0 Å². The molecule has 1 atom stereocenters. The minimum absolute atomic E-state index is 0.819. The van der Waals surface area contributed by atoms with Crippen molar-refractivity contribution in [2.75, 3.05) is 0 Å². The maximum absolute atomic E-state index is 2.43. The molecule has 0 N–H and O–H groups in total.